The molecule has 2 N–H and O–H groups in total. The molecule has 3 aromatic rings. The first kappa shape index (κ1) is 23.6. The van der Waals surface area contributed by atoms with Gasteiger partial charge in [0.05, 0.1) is 0 Å². The van der Waals surface area contributed by atoms with Gasteiger partial charge in [-0.05, 0) is 5.56 Å². The molecule has 0 bridgehead atoms. The van der Waals surface area contributed by atoms with E-state index in [1.807, 2.05) is 30.3 Å². The summed E-state index contributed by atoms with van der Waals surface area (Å²) in [6.07, 6.45) is 0. The van der Waals surface area contributed by atoms with E-state index < -0.39 is 37.6 Å². The van der Waals surface area contributed by atoms with E-state index in [1.54, 1.807) is 13.8 Å². The molecule has 0 spiro atoms. The topological polar surface area (TPSA) is 157 Å². The summed E-state index contributed by atoms with van der Waals surface area (Å²) in [5, 5.41) is -0.288. The maximum absolute atomic E-state index is 11.3. The average Bonchev–Trinajstić information content (AvgIpc) is 3.00. The third-order valence-corrected chi connectivity index (χ3v) is 5.77. The molecule has 2 heterocycles. The lowest BCUT2D eigenvalue weighted by Gasteiger charge is -2.13. The summed E-state index contributed by atoms with van der Waals surface area (Å²) in [5.74, 6) is -1.10. The number of hydrogen-bond acceptors (Lipinski definition) is 9. The Bertz CT molecular complexity index is 1330. The van der Waals surface area contributed by atoms with Crippen molar-refractivity contribution in [3.05, 3.63) is 46.9 Å². The molecule has 0 saturated carbocycles. The van der Waals surface area contributed by atoms with Crippen LogP contribution in [0.5, 0.6) is 11.6 Å². The minimum Gasteiger partial charge on any atom is -0.356 e. The van der Waals surface area contributed by atoms with E-state index in [0.717, 1.165) is 5.56 Å². The monoisotopic (exact) mass is 509 g/mol. The molecule has 0 unspecified atom stereocenters. The Kier molecular flexibility index (Phi) is 6.69. The van der Waals surface area contributed by atoms with Crippen LogP contribution in [0.2, 0.25) is 5.15 Å². The molecule has 15 heteroatoms. The zero-order chi connectivity index (χ0) is 23.0. The molecule has 168 valence electrons. The molecular weight excluding hydrogens is 494 g/mol. The van der Waals surface area contributed by atoms with E-state index >= 15 is 0 Å². The van der Waals surface area contributed by atoms with E-state index in [-0.39, 0.29) is 22.4 Å². The summed E-state index contributed by atoms with van der Waals surface area (Å²) in [6, 6.07) is 9.32. The highest BCUT2D eigenvalue weighted by atomic mass is 35.5. The summed E-state index contributed by atoms with van der Waals surface area (Å²) in [6.45, 7) is 3.46. The van der Waals surface area contributed by atoms with Crippen molar-refractivity contribution in [1.82, 2.24) is 14.4 Å². The molecule has 0 saturated heterocycles. The molecule has 0 aliphatic heterocycles. The third kappa shape index (κ3) is 5.78. The van der Waals surface area contributed by atoms with Crippen LogP contribution in [0.3, 0.4) is 0 Å². The van der Waals surface area contributed by atoms with Gasteiger partial charge in [-0.25, -0.2) is 4.98 Å². The molecule has 0 fully saturated rings. The summed E-state index contributed by atoms with van der Waals surface area (Å²) in [7, 11) is -10.1. The predicted octanol–water partition coefficient (Wildman–Crippen LogP) is 3.16. The second kappa shape index (κ2) is 8.80. The molecule has 0 atom stereocenters. The molecule has 0 aliphatic rings. The SMILES string of the molecule is CC(C)c1nc(OS(=O)(=O)O)c2c(OS(=O)(=O)O)c(Cl)nc(SCc3ccccc3)n12. The van der Waals surface area contributed by atoms with Crippen molar-refractivity contribution in [2.45, 2.75) is 30.7 Å². The fourth-order valence-corrected chi connectivity index (χ4v) is 4.58. The Hall–Kier alpha value is -2.10. The van der Waals surface area contributed by atoms with Gasteiger partial charge in [-0.15, -0.1) is 0 Å². The van der Waals surface area contributed by atoms with Crippen molar-refractivity contribution in [1.29, 1.82) is 0 Å². The van der Waals surface area contributed by atoms with Gasteiger partial charge in [0.1, 0.15) is 5.82 Å². The van der Waals surface area contributed by atoms with E-state index in [0.29, 0.717) is 5.75 Å². The molecule has 1 aromatic carbocycles. The van der Waals surface area contributed by atoms with Gasteiger partial charge in [-0.2, -0.15) is 21.8 Å². The Morgan fingerprint density at radius 3 is 2.23 bits per heavy atom. The van der Waals surface area contributed by atoms with E-state index in [2.05, 4.69) is 18.3 Å². The summed E-state index contributed by atoms with van der Waals surface area (Å²) in [5.41, 5.74) is 0.590. The second-order valence-electron chi connectivity index (χ2n) is 6.42. The lowest BCUT2D eigenvalue weighted by Crippen LogP contribution is -2.11. The molecule has 3 rings (SSSR count). The van der Waals surface area contributed by atoms with Crippen LogP contribution in [-0.4, -0.2) is 40.3 Å². The molecular formula is C16H16ClN3O8S3. The molecule has 0 amide bonds. The van der Waals surface area contributed by atoms with Gasteiger partial charge in [0.25, 0.3) is 5.88 Å². The fraction of sp³-hybridized carbons (Fsp3) is 0.250. The normalized spacial score (nSPS) is 12.5. The lowest BCUT2D eigenvalue weighted by molar-refractivity contribution is 0.381. The maximum atomic E-state index is 11.3. The molecule has 11 nitrogen and oxygen atoms in total. The highest BCUT2D eigenvalue weighted by molar-refractivity contribution is 7.98. The molecule has 2 aromatic heterocycles. The first-order chi connectivity index (χ1) is 14.4. The summed E-state index contributed by atoms with van der Waals surface area (Å²) >= 11 is 7.29. The van der Waals surface area contributed by atoms with Crippen LogP contribution in [0.25, 0.3) is 5.52 Å². The Morgan fingerprint density at radius 2 is 1.68 bits per heavy atom. The van der Waals surface area contributed by atoms with Gasteiger partial charge in [-0.1, -0.05) is 67.5 Å². The van der Waals surface area contributed by atoms with Gasteiger partial charge in [-0.3, -0.25) is 13.5 Å². The number of halogens is 1. The highest BCUT2D eigenvalue weighted by Gasteiger charge is 2.29. The molecule has 0 radical (unpaired) electrons. The number of benzene rings is 1. The van der Waals surface area contributed by atoms with Gasteiger partial charge >= 0.3 is 20.8 Å². The third-order valence-electron chi connectivity index (χ3n) is 3.76. The van der Waals surface area contributed by atoms with Crippen molar-refractivity contribution in [3.63, 3.8) is 0 Å². The van der Waals surface area contributed by atoms with E-state index in [9.17, 15) is 16.8 Å². The minimum absolute atomic E-state index is 0.216. The number of rotatable bonds is 8. The van der Waals surface area contributed by atoms with Crippen molar-refractivity contribution in [3.8, 4) is 11.6 Å². The van der Waals surface area contributed by atoms with Crippen molar-refractivity contribution in [2.75, 3.05) is 0 Å². The molecule has 31 heavy (non-hydrogen) atoms. The number of aromatic nitrogens is 3. The summed E-state index contributed by atoms with van der Waals surface area (Å²) in [4.78, 5) is 8.19. The van der Waals surface area contributed by atoms with Crippen LogP contribution in [0.4, 0.5) is 0 Å². The van der Waals surface area contributed by atoms with Crippen LogP contribution >= 0.6 is 23.4 Å². The maximum Gasteiger partial charge on any atom is 0.448 e. The highest BCUT2D eigenvalue weighted by Crippen LogP contribution is 2.40. The predicted molar refractivity (Wildman–Crippen MR) is 112 cm³/mol. The van der Waals surface area contributed by atoms with Crippen LogP contribution in [0.1, 0.15) is 31.2 Å². The van der Waals surface area contributed by atoms with Crippen molar-refractivity contribution >= 4 is 49.7 Å². The average molecular weight is 510 g/mol. The van der Waals surface area contributed by atoms with Crippen molar-refractivity contribution < 1.29 is 34.3 Å². The number of fused-ring (bicyclic) bond motifs is 1. The Morgan fingerprint density at radius 1 is 1.06 bits per heavy atom. The number of nitrogens with zero attached hydrogens (tertiary/aromatic N) is 3. The van der Waals surface area contributed by atoms with E-state index in [1.165, 1.54) is 16.2 Å². The fourth-order valence-electron chi connectivity index (χ4n) is 2.64. The number of thioether (sulfide) groups is 1. The van der Waals surface area contributed by atoms with Gasteiger partial charge in [0.15, 0.2) is 15.8 Å². The van der Waals surface area contributed by atoms with Gasteiger partial charge in [0, 0.05) is 11.7 Å². The number of imidazole rings is 1. The van der Waals surface area contributed by atoms with Gasteiger partial charge in [0.2, 0.25) is 5.75 Å². The van der Waals surface area contributed by atoms with Crippen LogP contribution in [0, 0.1) is 0 Å². The second-order valence-corrected chi connectivity index (χ2v) is 9.77. The quantitative estimate of drug-likeness (QED) is 0.199. The van der Waals surface area contributed by atoms with Gasteiger partial charge < -0.3 is 8.37 Å². The van der Waals surface area contributed by atoms with Crippen LogP contribution in [-0.2, 0) is 26.6 Å². The smallest absolute Gasteiger partial charge is 0.356 e. The van der Waals surface area contributed by atoms with Crippen LogP contribution < -0.4 is 8.37 Å². The van der Waals surface area contributed by atoms with Crippen molar-refractivity contribution in [2.24, 2.45) is 0 Å². The van der Waals surface area contributed by atoms with Crippen LogP contribution in [0.15, 0.2) is 35.5 Å². The Labute approximate surface area is 187 Å². The zero-order valence-electron chi connectivity index (χ0n) is 16.0. The Balaban J connectivity index is 2.28. The van der Waals surface area contributed by atoms with E-state index in [4.69, 9.17) is 20.7 Å². The molecule has 0 aliphatic carbocycles. The summed E-state index contributed by atoms with van der Waals surface area (Å²) < 4.78 is 73.9. The first-order valence-corrected chi connectivity index (χ1v) is 12.6. The zero-order valence-corrected chi connectivity index (χ0v) is 19.2. The standard InChI is InChI=1S/C16H16ClN3O8S3/c1-9(2)14-19-15(28-31(24,25)26)11-12(27-30(21,22)23)13(17)18-16(20(11)14)29-8-10-6-4-3-5-7-10/h3-7,9H,8H2,1-2H3,(H,21,22,23)(H,24,25,26). The first-order valence-electron chi connectivity index (χ1n) is 8.48. The lowest BCUT2D eigenvalue weighted by atomic mass is 10.2. The minimum atomic E-state index is -5.07. The number of hydrogen-bond donors (Lipinski definition) is 2. The largest absolute Gasteiger partial charge is 0.448 e.